The molecule has 0 aliphatic heterocycles. The number of rotatable bonds is 8. The number of aryl methyl sites for hydroxylation is 3. The molecule has 0 atom stereocenters. The van der Waals surface area contributed by atoms with Crippen molar-refractivity contribution in [2.45, 2.75) is 33.6 Å². The molecule has 5 nitrogen and oxygen atoms in total. The standard InChI is InChI=1S/C21H28N2O3S/c1-16-14-17(2)21(18(3)15-16)23(27(4,25)26)13-11-20(24)22-12-10-19-8-6-5-7-9-19/h5-9,14-15H,10-13H2,1-4H3,(H,22,24). The number of carbonyl (C=O) groups is 1. The fourth-order valence-electron chi connectivity index (χ4n) is 3.29. The molecule has 0 saturated carbocycles. The van der Waals surface area contributed by atoms with Gasteiger partial charge in [0.15, 0.2) is 0 Å². The van der Waals surface area contributed by atoms with Gasteiger partial charge in [-0.1, -0.05) is 48.0 Å². The van der Waals surface area contributed by atoms with E-state index in [0.29, 0.717) is 12.2 Å². The zero-order valence-corrected chi connectivity index (χ0v) is 17.3. The third kappa shape index (κ3) is 6.10. The van der Waals surface area contributed by atoms with Crippen molar-refractivity contribution in [1.29, 1.82) is 0 Å². The summed E-state index contributed by atoms with van der Waals surface area (Å²) in [6.07, 6.45) is 2.05. The Hall–Kier alpha value is -2.34. The average molecular weight is 389 g/mol. The maximum absolute atomic E-state index is 12.3. The van der Waals surface area contributed by atoms with Crippen molar-refractivity contribution in [2.75, 3.05) is 23.7 Å². The van der Waals surface area contributed by atoms with Crippen LogP contribution < -0.4 is 9.62 Å². The summed E-state index contributed by atoms with van der Waals surface area (Å²) in [7, 11) is -3.48. The minimum absolute atomic E-state index is 0.120. The minimum atomic E-state index is -3.48. The lowest BCUT2D eigenvalue weighted by Gasteiger charge is -2.26. The monoisotopic (exact) mass is 388 g/mol. The van der Waals surface area contributed by atoms with Crippen LogP contribution in [0.3, 0.4) is 0 Å². The van der Waals surface area contributed by atoms with Gasteiger partial charge >= 0.3 is 0 Å². The first-order chi connectivity index (χ1) is 12.7. The number of hydrogen-bond donors (Lipinski definition) is 1. The van der Waals surface area contributed by atoms with Crippen LogP contribution in [-0.2, 0) is 21.2 Å². The van der Waals surface area contributed by atoms with Crippen molar-refractivity contribution < 1.29 is 13.2 Å². The molecule has 1 N–H and O–H groups in total. The van der Waals surface area contributed by atoms with Gasteiger partial charge in [-0.2, -0.15) is 0 Å². The van der Waals surface area contributed by atoms with E-state index in [9.17, 15) is 13.2 Å². The fraction of sp³-hybridized carbons (Fsp3) is 0.381. The van der Waals surface area contributed by atoms with E-state index in [-0.39, 0.29) is 18.9 Å². The molecule has 0 spiro atoms. The Labute approximate surface area is 162 Å². The molecule has 0 unspecified atom stereocenters. The molecule has 27 heavy (non-hydrogen) atoms. The van der Waals surface area contributed by atoms with Gasteiger partial charge in [0.1, 0.15) is 0 Å². The molecule has 0 heterocycles. The second-order valence-corrected chi connectivity index (χ2v) is 8.82. The van der Waals surface area contributed by atoms with E-state index in [0.717, 1.165) is 28.7 Å². The van der Waals surface area contributed by atoms with Crippen LogP contribution in [0, 0.1) is 20.8 Å². The third-order valence-electron chi connectivity index (χ3n) is 4.41. The molecule has 0 aliphatic rings. The topological polar surface area (TPSA) is 66.5 Å². The zero-order chi connectivity index (χ0) is 20.0. The highest BCUT2D eigenvalue weighted by molar-refractivity contribution is 7.92. The molecule has 1 amide bonds. The zero-order valence-electron chi connectivity index (χ0n) is 16.5. The van der Waals surface area contributed by atoms with Crippen molar-refractivity contribution in [2.24, 2.45) is 0 Å². The Morgan fingerprint density at radius 1 is 1.04 bits per heavy atom. The van der Waals surface area contributed by atoms with Gasteiger partial charge in [-0.3, -0.25) is 9.10 Å². The normalized spacial score (nSPS) is 11.3. The number of amides is 1. The van der Waals surface area contributed by atoms with Crippen LogP contribution in [0.5, 0.6) is 0 Å². The lowest BCUT2D eigenvalue weighted by Crippen LogP contribution is -2.36. The van der Waals surface area contributed by atoms with Gasteiger partial charge in [-0.15, -0.1) is 0 Å². The third-order valence-corrected chi connectivity index (χ3v) is 5.57. The summed E-state index contributed by atoms with van der Waals surface area (Å²) in [6, 6.07) is 13.8. The van der Waals surface area contributed by atoms with Crippen molar-refractivity contribution >= 4 is 21.6 Å². The Kier molecular flexibility index (Phi) is 7.02. The first kappa shape index (κ1) is 21.0. The van der Waals surface area contributed by atoms with Gasteiger partial charge in [0.2, 0.25) is 15.9 Å². The fourth-order valence-corrected chi connectivity index (χ4v) is 4.33. The largest absolute Gasteiger partial charge is 0.356 e. The maximum atomic E-state index is 12.3. The molecule has 2 rings (SSSR count). The van der Waals surface area contributed by atoms with E-state index in [1.807, 2.05) is 63.2 Å². The van der Waals surface area contributed by atoms with Gasteiger partial charge in [0.25, 0.3) is 0 Å². The Balaban J connectivity index is 2.00. The van der Waals surface area contributed by atoms with Gasteiger partial charge < -0.3 is 5.32 Å². The first-order valence-electron chi connectivity index (χ1n) is 9.04. The summed E-state index contributed by atoms with van der Waals surface area (Å²) >= 11 is 0. The van der Waals surface area contributed by atoms with Crippen molar-refractivity contribution in [3.05, 3.63) is 64.7 Å². The van der Waals surface area contributed by atoms with E-state index >= 15 is 0 Å². The molecule has 0 radical (unpaired) electrons. The van der Waals surface area contributed by atoms with Crippen LogP contribution in [0.2, 0.25) is 0 Å². The number of nitrogens with one attached hydrogen (secondary N) is 1. The summed E-state index contributed by atoms with van der Waals surface area (Å²) in [5.74, 6) is -0.151. The summed E-state index contributed by atoms with van der Waals surface area (Å²) in [4.78, 5) is 12.2. The van der Waals surface area contributed by atoms with Gasteiger partial charge in [0, 0.05) is 19.5 Å². The molecular weight excluding hydrogens is 360 g/mol. The first-order valence-corrected chi connectivity index (χ1v) is 10.9. The SMILES string of the molecule is Cc1cc(C)c(N(CCC(=O)NCCc2ccccc2)S(C)(=O)=O)c(C)c1. The number of benzene rings is 2. The maximum Gasteiger partial charge on any atom is 0.232 e. The second kappa shape index (κ2) is 9.04. The molecule has 2 aromatic rings. The predicted octanol–water partition coefficient (Wildman–Crippen LogP) is 3.13. The van der Waals surface area contributed by atoms with E-state index < -0.39 is 10.0 Å². The van der Waals surface area contributed by atoms with E-state index in [1.54, 1.807) is 0 Å². The van der Waals surface area contributed by atoms with E-state index in [4.69, 9.17) is 0 Å². The van der Waals surface area contributed by atoms with Crippen LogP contribution in [0.15, 0.2) is 42.5 Å². The summed E-state index contributed by atoms with van der Waals surface area (Å²) in [5, 5.41) is 2.87. The highest BCUT2D eigenvalue weighted by Crippen LogP contribution is 2.28. The summed E-state index contributed by atoms with van der Waals surface area (Å²) in [6.45, 7) is 6.43. The molecule has 0 fully saturated rings. The number of hydrogen-bond acceptors (Lipinski definition) is 3. The predicted molar refractivity (Wildman–Crippen MR) is 111 cm³/mol. The lowest BCUT2D eigenvalue weighted by atomic mass is 10.1. The van der Waals surface area contributed by atoms with Gasteiger partial charge in [-0.05, 0) is 43.9 Å². The number of carbonyl (C=O) groups excluding carboxylic acids is 1. The van der Waals surface area contributed by atoms with Crippen LogP contribution >= 0.6 is 0 Å². The molecule has 2 aromatic carbocycles. The molecule has 0 bridgehead atoms. The van der Waals surface area contributed by atoms with Gasteiger partial charge in [-0.25, -0.2) is 8.42 Å². The molecular formula is C21H28N2O3S. The Bertz CT molecular complexity index is 870. The van der Waals surface area contributed by atoms with Gasteiger partial charge in [0.05, 0.1) is 11.9 Å². The summed E-state index contributed by atoms with van der Waals surface area (Å²) < 4.78 is 26.0. The van der Waals surface area contributed by atoms with Crippen LogP contribution in [0.1, 0.15) is 28.7 Å². The minimum Gasteiger partial charge on any atom is -0.356 e. The highest BCUT2D eigenvalue weighted by Gasteiger charge is 2.22. The van der Waals surface area contributed by atoms with Crippen LogP contribution in [0.4, 0.5) is 5.69 Å². The quantitative estimate of drug-likeness (QED) is 0.755. The smallest absolute Gasteiger partial charge is 0.232 e. The molecule has 6 heteroatoms. The Morgan fingerprint density at radius 3 is 2.19 bits per heavy atom. The molecule has 146 valence electrons. The second-order valence-electron chi connectivity index (χ2n) is 6.92. The lowest BCUT2D eigenvalue weighted by molar-refractivity contribution is -0.120. The van der Waals surface area contributed by atoms with Crippen molar-refractivity contribution in [1.82, 2.24) is 5.32 Å². The Morgan fingerprint density at radius 2 is 1.63 bits per heavy atom. The van der Waals surface area contributed by atoms with Crippen molar-refractivity contribution in [3.63, 3.8) is 0 Å². The number of sulfonamides is 1. The highest BCUT2D eigenvalue weighted by atomic mass is 32.2. The summed E-state index contributed by atoms with van der Waals surface area (Å²) in [5.41, 5.74) is 4.69. The van der Waals surface area contributed by atoms with Crippen LogP contribution in [0.25, 0.3) is 0 Å². The van der Waals surface area contributed by atoms with E-state index in [2.05, 4.69) is 5.32 Å². The van der Waals surface area contributed by atoms with Crippen LogP contribution in [-0.4, -0.2) is 33.7 Å². The molecule has 0 aromatic heterocycles. The number of anilines is 1. The molecule has 0 saturated heterocycles. The average Bonchev–Trinajstić information content (AvgIpc) is 2.56. The molecule has 0 aliphatic carbocycles. The number of nitrogens with zero attached hydrogens (tertiary/aromatic N) is 1. The van der Waals surface area contributed by atoms with Crippen molar-refractivity contribution in [3.8, 4) is 0 Å². The van der Waals surface area contributed by atoms with E-state index in [1.165, 1.54) is 10.6 Å².